The Morgan fingerprint density at radius 1 is 1.21 bits per heavy atom. The number of hydrogen-bond acceptors (Lipinski definition) is 2. The van der Waals surface area contributed by atoms with Gasteiger partial charge in [-0.2, -0.15) is 0 Å². The predicted molar refractivity (Wildman–Crippen MR) is 110 cm³/mol. The molecular weight excluding hydrogens is 413 g/mol. The highest BCUT2D eigenvalue weighted by Crippen LogP contribution is 2.21. The average molecular weight is 437 g/mol. The lowest BCUT2D eigenvalue weighted by atomic mass is 10.00. The van der Waals surface area contributed by atoms with Gasteiger partial charge in [0.05, 0.1) is 6.26 Å². The normalized spacial score (nSPS) is 14.8. The first kappa shape index (κ1) is 18.6. The first-order valence-corrected chi connectivity index (χ1v) is 8.09. The Hall–Kier alpha value is -1.76. The lowest BCUT2D eigenvalue weighted by molar-refractivity contribution is 0.437. The van der Waals surface area contributed by atoms with E-state index in [1.807, 2.05) is 19.2 Å². The van der Waals surface area contributed by atoms with Gasteiger partial charge in [0.2, 0.25) is 0 Å². The molecule has 24 heavy (non-hydrogen) atoms. The fraction of sp³-hybridized carbons (Fsp3) is 0.316. The van der Waals surface area contributed by atoms with Crippen molar-refractivity contribution < 1.29 is 4.42 Å². The third kappa shape index (κ3) is 4.87. The molecule has 4 nitrogen and oxygen atoms in total. The molecule has 0 unspecified atom stereocenters. The minimum absolute atomic E-state index is 0. The average Bonchev–Trinajstić information content (AvgIpc) is 3.13. The quantitative estimate of drug-likeness (QED) is 0.450. The minimum Gasteiger partial charge on any atom is -0.469 e. The minimum atomic E-state index is 0. The number of furan rings is 1. The van der Waals surface area contributed by atoms with E-state index in [0.29, 0.717) is 0 Å². The van der Waals surface area contributed by atoms with Crippen LogP contribution in [0.5, 0.6) is 0 Å². The second-order valence-electron chi connectivity index (χ2n) is 5.59. The summed E-state index contributed by atoms with van der Waals surface area (Å²) < 4.78 is 5.35. The van der Waals surface area contributed by atoms with Crippen molar-refractivity contribution in [2.24, 2.45) is 4.99 Å². The van der Waals surface area contributed by atoms with Gasteiger partial charge in [0.15, 0.2) is 5.96 Å². The van der Waals surface area contributed by atoms with Crippen molar-refractivity contribution in [3.8, 4) is 0 Å². The number of aliphatic imine (C=N–C) groups is 1. The van der Waals surface area contributed by atoms with E-state index in [4.69, 9.17) is 4.42 Å². The SMILES string of the molecule is CN=C(NCCc1ccco1)N1CC=C(c2ccccc2)CC1.I. The van der Waals surface area contributed by atoms with Gasteiger partial charge < -0.3 is 14.6 Å². The molecule has 0 radical (unpaired) electrons. The molecule has 1 aromatic heterocycles. The van der Waals surface area contributed by atoms with Crippen molar-refractivity contribution in [2.45, 2.75) is 12.8 Å². The van der Waals surface area contributed by atoms with Gasteiger partial charge in [-0.3, -0.25) is 4.99 Å². The highest BCUT2D eigenvalue weighted by molar-refractivity contribution is 14.0. The lowest BCUT2D eigenvalue weighted by Crippen LogP contribution is -2.44. The maximum Gasteiger partial charge on any atom is 0.193 e. The molecular formula is C19H24IN3O. The van der Waals surface area contributed by atoms with Crippen LogP contribution in [0.4, 0.5) is 0 Å². The van der Waals surface area contributed by atoms with Crippen molar-refractivity contribution in [3.05, 3.63) is 66.1 Å². The van der Waals surface area contributed by atoms with Crippen molar-refractivity contribution in [3.63, 3.8) is 0 Å². The van der Waals surface area contributed by atoms with Crippen LogP contribution in [0.2, 0.25) is 0 Å². The lowest BCUT2D eigenvalue weighted by Gasteiger charge is -2.29. The van der Waals surface area contributed by atoms with E-state index in [1.165, 1.54) is 11.1 Å². The van der Waals surface area contributed by atoms with Gasteiger partial charge in [-0.15, -0.1) is 24.0 Å². The second kappa shape index (κ2) is 9.52. The van der Waals surface area contributed by atoms with Crippen LogP contribution in [-0.4, -0.2) is 37.5 Å². The van der Waals surface area contributed by atoms with Gasteiger partial charge in [0.25, 0.3) is 0 Å². The van der Waals surface area contributed by atoms with Crippen LogP contribution in [0.3, 0.4) is 0 Å². The van der Waals surface area contributed by atoms with E-state index in [9.17, 15) is 0 Å². The van der Waals surface area contributed by atoms with Crippen LogP contribution in [0, 0.1) is 0 Å². The number of nitrogens with zero attached hydrogens (tertiary/aromatic N) is 2. The number of guanidine groups is 1. The van der Waals surface area contributed by atoms with Crippen molar-refractivity contribution in [1.82, 2.24) is 10.2 Å². The summed E-state index contributed by atoms with van der Waals surface area (Å²) in [4.78, 5) is 6.69. The zero-order valence-electron chi connectivity index (χ0n) is 13.9. The first-order valence-electron chi connectivity index (χ1n) is 8.09. The molecule has 0 aliphatic carbocycles. The topological polar surface area (TPSA) is 40.8 Å². The van der Waals surface area contributed by atoms with Crippen LogP contribution < -0.4 is 5.32 Å². The van der Waals surface area contributed by atoms with Crippen molar-refractivity contribution in [2.75, 3.05) is 26.7 Å². The Bertz CT molecular complexity index is 665. The first-order chi connectivity index (χ1) is 11.4. The maximum atomic E-state index is 5.35. The summed E-state index contributed by atoms with van der Waals surface area (Å²) in [5, 5.41) is 3.42. The Balaban J connectivity index is 0.00000208. The fourth-order valence-corrected chi connectivity index (χ4v) is 2.86. The van der Waals surface area contributed by atoms with Crippen LogP contribution in [0.1, 0.15) is 17.7 Å². The number of rotatable bonds is 4. The smallest absolute Gasteiger partial charge is 0.193 e. The second-order valence-corrected chi connectivity index (χ2v) is 5.59. The highest BCUT2D eigenvalue weighted by atomic mass is 127. The molecule has 0 fully saturated rings. The molecule has 1 aromatic carbocycles. The Morgan fingerprint density at radius 2 is 2.04 bits per heavy atom. The third-order valence-electron chi connectivity index (χ3n) is 4.10. The number of benzene rings is 1. The molecule has 128 valence electrons. The molecule has 1 aliphatic heterocycles. The summed E-state index contributed by atoms with van der Waals surface area (Å²) in [5.74, 6) is 1.96. The Labute approximate surface area is 160 Å². The molecule has 0 spiro atoms. The molecule has 2 aromatic rings. The molecule has 5 heteroatoms. The number of halogens is 1. The van der Waals surface area contributed by atoms with Crippen LogP contribution >= 0.6 is 24.0 Å². The predicted octanol–water partition coefficient (Wildman–Crippen LogP) is 3.80. The Kier molecular flexibility index (Phi) is 7.36. The van der Waals surface area contributed by atoms with Gasteiger partial charge in [0, 0.05) is 33.1 Å². The van der Waals surface area contributed by atoms with E-state index < -0.39 is 0 Å². The van der Waals surface area contributed by atoms with Gasteiger partial charge in [-0.05, 0) is 29.7 Å². The number of nitrogens with one attached hydrogen (secondary N) is 1. The highest BCUT2D eigenvalue weighted by Gasteiger charge is 2.15. The molecule has 0 saturated carbocycles. The largest absolute Gasteiger partial charge is 0.469 e. The molecule has 0 saturated heterocycles. The molecule has 0 amide bonds. The molecule has 0 atom stereocenters. The van der Waals surface area contributed by atoms with E-state index in [0.717, 1.165) is 44.2 Å². The van der Waals surface area contributed by atoms with Gasteiger partial charge >= 0.3 is 0 Å². The maximum absolute atomic E-state index is 5.35. The van der Waals surface area contributed by atoms with Crippen molar-refractivity contribution in [1.29, 1.82) is 0 Å². The van der Waals surface area contributed by atoms with Gasteiger partial charge in [0.1, 0.15) is 5.76 Å². The summed E-state index contributed by atoms with van der Waals surface area (Å²) in [6, 6.07) is 14.5. The standard InChI is InChI=1S/C19H23N3O.HI/c1-20-19(21-12-9-18-8-5-15-23-18)22-13-10-17(11-14-22)16-6-3-2-4-7-16;/h2-8,10,15H,9,11-14H2,1H3,(H,20,21);1H. The third-order valence-corrected chi connectivity index (χ3v) is 4.10. The van der Waals surface area contributed by atoms with Crippen LogP contribution in [0.15, 0.2) is 64.2 Å². The molecule has 0 bridgehead atoms. The molecule has 2 heterocycles. The summed E-state index contributed by atoms with van der Waals surface area (Å²) in [7, 11) is 1.84. The summed E-state index contributed by atoms with van der Waals surface area (Å²) >= 11 is 0. The fourth-order valence-electron chi connectivity index (χ4n) is 2.86. The summed E-state index contributed by atoms with van der Waals surface area (Å²) in [6.45, 7) is 2.71. The van der Waals surface area contributed by atoms with E-state index >= 15 is 0 Å². The molecule has 1 N–H and O–H groups in total. The zero-order valence-corrected chi connectivity index (χ0v) is 16.3. The van der Waals surface area contributed by atoms with Gasteiger partial charge in [-0.1, -0.05) is 36.4 Å². The number of hydrogen-bond donors (Lipinski definition) is 1. The molecule has 3 rings (SSSR count). The van der Waals surface area contributed by atoms with Crippen LogP contribution in [-0.2, 0) is 6.42 Å². The molecule has 1 aliphatic rings. The van der Waals surface area contributed by atoms with Gasteiger partial charge in [-0.25, -0.2) is 0 Å². The monoisotopic (exact) mass is 437 g/mol. The zero-order chi connectivity index (χ0) is 15.9. The summed E-state index contributed by atoms with van der Waals surface area (Å²) in [5.41, 5.74) is 2.75. The van der Waals surface area contributed by atoms with E-state index in [2.05, 4.69) is 51.6 Å². The van der Waals surface area contributed by atoms with Crippen LogP contribution in [0.25, 0.3) is 5.57 Å². The Morgan fingerprint density at radius 3 is 2.67 bits per heavy atom. The van der Waals surface area contributed by atoms with Crippen molar-refractivity contribution >= 4 is 35.5 Å². The van der Waals surface area contributed by atoms with E-state index in [-0.39, 0.29) is 24.0 Å². The summed E-state index contributed by atoms with van der Waals surface area (Å²) in [6.07, 6.45) is 5.93. The van der Waals surface area contributed by atoms with E-state index in [1.54, 1.807) is 6.26 Å².